The van der Waals surface area contributed by atoms with Crippen molar-refractivity contribution in [1.82, 2.24) is 0 Å². The minimum Gasteiger partial charge on any atom is -0.481 e. The summed E-state index contributed by atoms with van der Waals surface area (Å²) in [6.07, 6.45) is 1.03. The van der Waals surface area contributed by atoms with Crippen LogP contribution in [0.1, 0.15) is 29.7 Å². The summed E-state index contributed by atoms with van der Waals surface area (Å²) >= 11 is 7.32. The van der Waals surface area contributed by atoms with Crippen LogP contribution in [0.5, 0.6) is 0 Å². The molecule has 22 heavy (non-hydrogen) atoms. The summed E-state index contributed by atoms with van der Waals surface area (Å²) in [5.41, 5.74) is 1.37. The van der Waals surface area contributed by atoms with Gasteiger partial charge in [0.1, 0.15) is 0 Å². The van der Waals surface area contributed by atoms with Gasteiger partial charge < -0.3 is 10.4 Å². The van der Waals surface area contributed by atoms with Gasteiger partial charge in [-0.1, -0.05) is 23.7 Å². The first kappa shape index (κ1) is 16.5. The Bertz CT molecular complexity index is 666. The van der Waals surface area contributed by atoms with Crippen molar-refractivity contribution in [3.05, 3.63) is 51.2 Å². The van der Waals surface area contributed by atoms with E-state index in [-0.39, 0.29) is 5.91 Å². The van der Waals surface area contributed by atoms with E-state index >= 15 is 0 Å². The number of hydrogen-bond donors (Lipinski definition) is 2. The SMILES string of the molecule is CC(C(=O)O)c1ccc(NC(=O)CCc2ccc(Cl)s2)cc1. The third-order valence-corrected chi connectivity index (χ3v) is 4.58. The number of hydrogen-bond acceptors (Lipinski definition) is 3. The lowest BCUT2D eigenvalue weighted by molar-refractivity contribution is -0.138. The van der Waals surface area contributed by atoms with Crippen LogP contribution >= 0.6 is 22.9 Å². The van der Waals surface area contributed by atoms with Crippen LogP contribution in [0.2, 0.25) is 4.34 Å². The number of carboxylic acid groups (broad SMARTS) is 1. The average molecular weight is 338 g/mol. The highest BCUT2D eigenvalue weighted by molar-refractivity contribution is 7.16. The highest BCUT2D eigenvalue weighted by Gasteiger charge is 2.13. The van der Waals surface area contributed by atoms with Crippen molar-refractivity contribution in [2.75, 3.05) is 5.32 Å². The average Bonchev–Trinajstić information content (AvgIpc) is 2.91. The van der Waals surface area contributed by atoms with E-state index < -0.39 is 11.9 Å². The van der Waals surface area contributed by atoms with Crippen LogP contribution in [0.25, 0.3) is 0 Å². The summed E-state index contributed by atoms with van der Waals surface area (Å²) in [5.74, 6) is -1.51. The molecule has 2 aromatic rings. The summed E-state index contributed by atoms with van der Waals surface area (Å²) in [7, 11) is 0. The zero-order valence-corrected chi connectivity index (χ0v) is 13.6. The van der Waals surface area contributed by atoms with E-state index in [1.165, 1.54) is 11.3 Å². The molecule has 1 aromatic heterocycles. The van der Waals surface area contributed by atoms with Gasteiger partial charge in [-0.25, -0.2) is 0 Å². The largest absolute Gasteiger partial charge is 0.481 e. The van der Waals surface area contributed by atoms with Gasteiger partial charge in [-0.05, 0) is 43.2 Å². The summed E-state index contributed by atoms with van der Waals surface area (Å²) in [6.45, 7) is 1.63. The number of carbonyl (C=O) groups excluding carboxylic acids is 1. The van der Waals surface area contributed by atoms with Gasteiger partial charge in [0.25, 0.3) is 0 Å². The maximum absolute atomic E-state index is 11.9. The fraction of sp³-hybridized carbons (Fsp3) is 0.250. The number of aliphatic carboxylic acids is 1. The lowest BCUT2D eigenvalue weighted by Gasteiger charge is -2.09. The van der Waals surface area contributed by atoms with Crippen molar-refractivity contribution in [3.8, 4) is 0 Å². The second kappa shape index (κ2) is 7.42. The Morgan fingerprint density at radius 2 is 1.91 bits per heavy atom. The molecule has 2 rings (SSSR count). The molecule has 1 amide bonds. The molecule has 4 nitrogen and oxygen atoms in total. The quantitative estimate of drug-likeness (QED) is 0.831. The molecule has 0 saturated carbocycles. The summed E-state index contributed by atoms with van der Waals surface area (Å²) in [5, 5.41) is 11.8. The zero-order valence-electron chi connectivity index (χ0n) is 12.0. The Kier molecular flexibility index (Phi) is 5.57. The monoisotopic (exact) mass is 337 g/mol. The highest BCUT2D eigenvalue weighted by atomic mass is 35.5. The Balaban J connectivity index is 1.87. The lowest BCUT2D eigenvalue weighted by Crippen LogP contribution is -2.12. The van der Waals surface area contributed by atoms with Crippen molar-refractivity contribution in [1.29, 1.82) is 0 Å². The standard InChI is InChI=1S/C16H16ClNO3S/c1-10(16(20)21)11-2-4-12(5-3-11)18-15(19)9-7-13-6-8-14(17)22-13/h2-6,8,10H,7,9H2,1H3,(H,18,19)(H,20,21). The Hall–Kier alpha value is -1.85. The molecule has 0 aliphatic heterocycles. The Labute approximate surface area is 137 Å². The number of aryl methyl sites for hydroxylation is 1. The molecule has 1 unspecified atom stereocenters. The molecule has 0 radical (unpaired) electrons. The number of carboxylic acids is 1. The fourth-order valence-corrected chi connectivity index (χ4v) is 3.03. The molecule has 1 atom stereocenters. The van der Waals surface area contributed by atoms with Crippen LogP contribution in [-0.4, -0.2) is 17.0 Å². The molecule has 116 valence electrons. The molecule has 0 fully saturated rings. The molecular formula is C16H16ClNO3S. The first-order valence-electron chi connectivity index (χ1n) is 6.82. The third kappa shape index (κ3) is 4.58. The van der Waals surface area contributed by atoms with Crippen LogP contribution in [0.3, 0.4) is 0 Å². The topological polar surface area (TPSA) is 66.4 Å². The van der Waals surface area contributed by atoms with Crippen molar-refractivity contribution in [2.24, 2.45) is 0 Å². The highest BCUT2D eigenvalue weighted by Crippen LogP contribution is 2.23. The smallest absolute Gasteiger partial charge is 0.310 e. The van der Waals surface area contributed by atoms with Gasteiger partial charge in [0.05, 0.1) is 10.3 Å². The third-order valence-electron chi connectivity index (χ3n) is 3.29. The minimum atomic E-state index is -0.869. The number of rotatable bonds is 6. The summed E-state index contributed by atoms with van der Waals surface area (Å²) in [4.78, 5) is 23.9. The maximum atomic E-state index is 11.9. The Morgan fingerprint density at radius 3 is 2.45 bits per heavy atom. The molecule has 0 bridgehead atoms. The van der Waals surface area contributed by atoms with Gasteiger partial charge in [-0.15, -0.1) is 11.3 Å². The van der Waals surface area contributed by atoms with Crippen molar-refractivity contribution in [3.63, 3.8) is 0 Å². The van der Waals surface area contributed by atoms with Crippen molar-refractivity contribution in [2.45, 2.75) is 25.7 Å². The van der Waals surface area contributed by atoms with Crippen molar-refractivity contribution >= 4 is 40.5 Å². The normalized spacial score (nSPS) is 11.9. The van der Waals surface area contributed by atoms with E-state index in [1.807, 2.05) is 12.1 Å². The predicted octanol–water partition coefficient (Wildman–Crippen LogP) is 4.16. The second-order valence-electron chi connectivity index (χ2n) is 4.94. The van der Waals surface area contributed by atoms with Gasteiger partial charge >= 0.3 is 5.97 Å². The van der Waals surface area contributed by atoms with Crippen LogP contribution < -0.4 is 5.32 Å². The molecule has 0 aliphatic rings. The van der Waals surface area contributed by atoms with Gasteiger partial charge in [0.2, 0.25) is 5.91 Å². The van der Waals surface area contributed by atoms with Crippen LogP contribution in [0.15, 0.2) is 36.4 Å². The molecular weight excluding hydrogens is 322 g/mol. The molecule has 2 N–H and O–H groups in total. The first-order chi connectivity index (χ1) is 10.5. The summed E-state index contributed by atoms with van der Waals surface area (Å²) in [6, 6.07) is 10.6. The van der Waals surface area contributed by atoms with E-state index in [4.69, 9.17) is 16.7 Å². The van der Waals surface area contributed by atoms with Crippen LogP contribution in [-0.2, 0) is 16.0 Å². The second-order valence-corrected chi connectivity index (χ2v) is 6.74. The zero-order chi connectivity index (χ0) is 16.1. The fourth-order valence-electron chi connectivity index (χ4n) is 1.94. The molecule has 0 aliphatic carbocycles. The Morgan fingerprint density at radius 1 is 1.23 bits per heavy atom. The number of anilines is 1. The van der Waals surface area contributed by atoms with E-state index in [0.717, 1.165) is 9.21 Å². The van der Waals surface area contributed by atoms with Gasteiger partial charge in [0, 0.05) is 17.0 Å². The molecule has 0 spiro atoms. The first-order valence-corrected chi connectivity index (χ1v) is 8.02. The van der Waals surface area contributed by atoms with Gasteiger partial charge in [0.15, 0.2) is 0 Å². The van der Waals surface area contributed by atoms with E-state index in [9.17, 15) is 9.59 Å². The minimum absolute atomic E-state index is 0.0800. The summed E-state index contributed by atoms with van der Waals surface area (Å²) < 4.78 is 0.721. The number of carbonyl (C=O) groups is 2. The molecule has 1 aromatic carbocycles. The van der Waals surface area contributed by atoms with Crippen LogP contribution in [0, 0.1) is 0 Å². The lowest BCUT2D eigenvalue weighted by atomic mass is 10.0. The number of benzene rings is 1. The predicted molar refractivity (Wildman–Crippen MR) is 88.8 cm³/mol. The number of amides is 1. The number of halogens is 1. The van der Waals surface area contributed by atoms with Crippen molar-refractivity contribution < 1.29 is 14.7 Å². The maximum Gasteiger partial charge on any atom is 0.310 e. The van der Waals surface area contributed by atoms with E-state index in [0.29, 0.717) is 24.1 Å². The van der Waals surface area contributed by atoms with E-state index in [2.05, 4.69) is 5.32 Å². The molecule has 1 heterocycles. The molecule has 0 saturated heterocycles. The number of nitrogens with one attached hydrogen (secondary N) is 1. The van der Waals surface area contributed by atoms with E-state index in [1.54, 1.807) is 31.2 Å². The molecule has 6 heteroatoms. The van der Waals surface area contributed by atoms with Crippen LogP contribution in [0.4, 0.5) is 5.69 Å². The van der Waals surface area contributed by atoms with Gasteiger partial charge in [-0.2, -0.15) is 0 Å². The van der Waals surface area contributed by atoms with Gasteiger partial charge in [-0.3, -0.25) is 9.59 Å². The number of thiophene rings is 1.